The predicted molar refractivity (Wildman–Crippen MR) is 126 cm³/mol. The van der Waals surface area contributed by atoms with Crippen molar-refractivity contribution in [3.63, 3.8) is 0 Å². The first-order valence-corrected chi connectivity index (χ1v) is 12.0. The highest BCUT2D eigenvalue weighted by Crippen LogP contribution is 2.35. The molecule has 0 saturated carbocycles. The summed E-state index contributed by atoms with van der Waals surface area (Å²) in [5, 5.41) is 90.3. The highest BCUT2D eigenvalue weighted by Gasteiger charge is 2.46. The molecule has 0 aliphatic carbocycles. The summed E-state index contributed by atoms with van der Waals surface area (Å²) < 4.78 is 22.4. The van der Waals surface area contributed by atoms with Gasteiger partial charge in [0.25, 0.3) is 0 Å². The van der Waals surface area contributed by atoms with Crippen molar-refractivity contribution in [2.75, 3.05) is 13.2 Å². The minimum atomic E-state index is -1.66. The van der Waals surface area contributed by atoms with Gasteiger partial charge in [0.15, 0.2) is 0 Å². The van der Waals surface area contributed by atoms with Crippen LogP contribution in [0.1, 0.15) is 11.1 Å². The Morgan fingerprint density at radius 3 is 1.66 bits per heavy atom. The van der Waals surface area contributed by atoms with Crippen molar-refractivity contribution >= 4 is 0 Å². The Hall–Kier alpha value is -2.56. The molecule has 2 aromatic rings. The summed E-state index contributed by atoms with van der Waals surface area (Å²) in [4.78, 5) is 0. The molecule has 2 heterocycles. The molecule has 0 aromatic heterocycles. The monoisotopic (exact) mass is 540 g/mol. The minimum absolute atomic E-state index is 0.00692. The van der Waals surface area contributed by atoms with Crippen LogP contribution in [0.2, 0.25) is 0 Å². The lowest BCUT2D eigenvalue weighted by molar-refractivity contribution is -0.277. The maximum Gasteiger partial charge on any atom is 0.229 e. The van der Waals surface area contributed by atoms with E-state index in [0.29, 0.717) is 5.56 Å². The highest BCUT2D eigenvalue weighted by atomic mass is 16.7. The molecule has 0 radical (unpaired) electrons. The van der Waals surface area contributed by atoms with E-state index in [1.165, 1.54) is 18.2 Å². The van der Waals surface area contributed by atoms with Crippen LogP contribution in [-0.4, -0.2) is 121 Å². The van der Waals surface area contributed by atoms with Gasteiger partial charge < -0.3 is 64.9 Å². The summed E-state index contributed by atoms with van der Waals surface area (Å²) in [5.74, 6) is 0.0746. The maximum atomic E-state index is 10.6. The number of benzene rings is 2. The predicted octanol–water partition coefficient (Wildman–Crippen LogP) is -2.66. The number of para-hydroxylation sites is 1. The average Bonchev–Trinajstić information content (AvgIpc) is 2.91. The topological polar surface area (TPSA) is 219 Å². The van der Waals surface area contributed by atoms with E-state index in [1.807, 2.05) is 0 Å². The zero-order valence-electron chi connectivity index (χ0n) is 20.1. The summed E-state index contributed by atoms with van der Waals surface area (Å²) in [7, 11) is 0. The first kappa shape index (κ1) is 28.4. The summed E-state index contributed by atoms with van der Waals surface area (Å²) in [5.41, 5.74) is 0.707. The Morgan fingerprint density at radius 1 is 0.605 bits per heavy atom. The third kappa shape index (κ3) is 5.72. The quantitative estimate of drug-likeness (QED) is 0.167. The molecule has 2 saturated heterocycles. The molecule has 2 aromatic carbocycles. The van der Waals surface area contributed by atoms with Gasteiger partial charge in [0.05, 0.1) is 13.2 Å². The summed E-state index contributed by atoms with van der Waals surface area (Å²) in [6.45, 7) is -1.26. The third-order valence-electron chi connectivity index (χ3n) is 6.63. The molecular weight excluding hydrogens is 508 g/mol. The second kappa shape index (κ2) is 12.1. The largest absolute Gasteiger partial charge is 0.508 e. The molecule has 2 aliphatic rings. The second-order valence-corrected chi connectivity index (χ2v) is 9.17. The van der Waals surface area contributed by atoms with Gasteiger partial charge in [-0.25, -0.2) is 0 Å². The van der Waals surface area contributed by atoms with Gasteiger partial charge in [0.2, 0.25) is 12.6 Å². The van der Waals surface area contributed by atoms with Gasteiger partial charge in [-0.15, -0.1) is 0 Å². The normalized spacial score (nSPS) is 35.6. The fourth-order valence-corrected chi connectivity index (χ4v) is 4.38. The average molecular weight is 541 g/mol. The van der Waals surface area contributed by atoms with E-state index in [1.54, 1.807) is 24.3 Å². The molecule has 210 valence electrons. The Labute approximate surface area is 217 Å². The van der Waals surface area contributed by atoms with Crippen LogP contribution in [0.25, 0.3) is 0 Å². The Balaban J connectivity index is 1.57. The highest BCUT2D eigenvalue weighted by molar-refractivity contribution is 5.49. The summed E-state index contributed by atoms with van der Waals surface area (Å²) >= 11 is 0. The van der Waals surface area contributed by atoms with E-state index in [0.717, 1.165) is 0 Å². The second-order valence-electron chi connectivity index (χ2n) is 9.17. The molecule has 0 amide bonds. The number of hydrogen-bond acceptors (Lipinski definition) is 13. The van der Waals surface area contributed by atoms with E-state index in [9.17, 15) is 46.0 Å². The molecule has 4 rings (SSSR count). The van der Waals surface area contributed by atoms with Gasteiger partial charge in [0.1, 0.15) is 66.1 Å². The van der Waals surface area contributed by atoms with Crippen molar-refractivity contribution in [1.29, 1.82) is 0 Å². The fraction of sp³-hybridized carbons (Fsp3) is 0.520. The molecule has 2 aliphatic heterocycles. The molecule has 13 nitrogen and oxygen atoms in total. The molecule has 0 unspecified atom stereocenters. The van der Waals surface area contributed by atoms with Crippen molar-refractivity contribution in [3.8, 4) is 17.2 Å². The minimum Gasteiger partial charge on any atom is -0.508 e. The molecule has 0 spiro atoms. The van der Waals surface area contributed by atoms with Crippen molar-refractivity contribution in [3.05, 3.63) is 53.6 Å². The molecule has 10 atom stereocenters. The Bertz CT molecular complexity index is 1060. The van der Waals surface area contributed by atoms with Crippen LogP contribution in [0, 0.1) is 0 Å². The maximum absolute atomic E-state index is 10.6. The van der Waals surface area contributed by atoms with Crippen LogP contribution >= 0.6 is 0 Å². The molecule has 13 heteroatoms. The van der Waals surface area contributed by atoms with Gasteiger partial charge in [-0.1, -0.05) is 24.3 Å². The molecule has 2 fully saturated rings. The lowest BCUT2D eigenvalue weighted by Gasteiger charge is -2.40. The molecule has 0 bridgehead atoms. The number of ether oxygens (including phenoxy) is 4. The first-order valence-electron chi connectivity index (χ1n) is 12.0. The number of hydrogen-bond donors (Lipinski definition) is 9. The zero-order valence-corrected chi connectivity index (χ0v) is 20.1. The number of aliphatic hydroxyl groups excluding tert-OH is 8. The SMILES string of the molecule is OC[C@H]1O[C@@H](Oc2ccccc2Cc2c(O)cccc2O[C@@H]2O[C@H](CO)[C@@H](O)[C@H](O)[C@H]2O)[C@H](O)[C@@H](O)[C@@H]1O. The van der Waals surface area contributed by atoms with Crippen LogP contribution in [0.3, 0.4) is 0 Å². The fourth-order valence-electron chi connectivity index (χ4n) is 4.38. The Morgan fingerprint density at radius 2 is 1.11 bits per heavy atom. The number of rotatable bonds is 8. The van der Waals surface area contributed by atoms with E-state index in [4.69, 9.17) is 18.9 Å². The van der Waals surface area contributed by atoms with Crippen molar-refractivity contribution < 1.29 is 64.9 Å². The summed E-state index contributed by atoms with van der Waals surface area (Å²) in [6.07, 6.45) is -15.0. The summed E-state index contributed by atoms with van der Waals surface area (Å²) in [6, 6.07) is 10.9. The van der Waals surface area contributed by atoms with Crippen LogP contribution in [-0.2, 0) is 15.9 Å². The number of phenolic OH excluding ortho intramolecular Hbond substituents is 1. The van der Waals surface area contributed by atoms with Gasteiger partial charge in [-0.2, -0.15) is 0 Å². The number of phenols is 1. The molecule has 9 N–H and O–H groups in total. The third-order valence-corrected chi connectivity index (χ3v) is 6.63. The zero-order chi connectivity index (χ0) is 27.6. The standard InChI is InChI=1S/C25H32O13/c26-9-16-18(29)20(31)22(33)24(37-16)35-14-6-2-1-4-11(14)8-12-13(28)5-3-7-15(12)36-25-23(34)21(32)19(30)17(10-27)38-25/h1-7,16-34H,8-10H2/t16-,17-,18-,19-,20+,21+,22-,23-,24-,25-/m1/s1. The van der Waals surface area contributed by atoms with E-state index in [-0.39, 0.29) is 29.2 Å². The number of aliphatic hydroxyl groups is 8. The van der Waals surface area contributed by atoms with Gasteiger partial charge in [-0.05, 0) is 23.8 Å². The number of aromatic hydroxyl groups is 1. The first-order chi connectivity index (χ1) is 18.2. The Kier molecular flexibility index (Phi) is 9.05. The van der Waals surface area contributed by atoms with Crippen molar-refractivity contribution in [2.45, 2.75) is 67.8 Å². The lowest BCUT2D eigenvalue weighted by Crippen LogP contribution is -2.60. The van der Waals surface area contributed by atoms with E-state index >= 15 is 0 Å². The van der Waals surface area contributed by atoms with Crippen molar-refractivity contribution in [2.24, 2.45) is 0 Å². The van der Waals surface area contributed by atoms with Gasteiger partial charge in [-0.3, -0.25) is 0 Å². The van der Waals surface area contributed by atoms with Crippen LogP contribution in [0.15, 0.2) is 42.5 Å². The van der Waals surface area contributed by atoms with Gasteiger partial charge >= 0.3 is 0 Å². The molecular formula is C25H32O13. The van der Waals surface area contributed by atoms with Crippen LogP contribution in [0.4, 0.5) is 0 Å². The van der Waals surface area contributed by atoms with Gasteiger partial charge in [0, 0.05) is 12.0 Å². The van der Waals surface area contributed by atoms with E-state index < -0.39 is 74.6 Å². The van der Waals surface area contributed by atoms with Crippen LogP contribution < -0.4 is 9.47 Å². The lowest BCUT2D eigenvalue weighted by atomic mass is 9.98. The van der Waals surface area contributed by atoms with Crippen LogP contribution in [0.5, 0.6) is 17.2 Å². The van der Waals surface area contributed by atoms with E-state index in [2.05, 4.69) is 0 Å². The smallest absolute Gasteiger partial charge is 0.229 e. The molecule has 38 heavy (non-hydrogen) atoms. The van der Waals surface area contributed by atoms with Crippen molar-refractivity contribution in [1.82, 2.24) is 0 Å².